The van der Waals surface area contributed by atoms with Gasteiger partial charge in [-0.15, -0.1) is 0 Å². The number of para-hydroxylation sites is 1. The molecule has 2 fully saturated rings. The lowest BCUT2D eigenvalue weighted by Gasteiger charge is -2.37. The van der Waals surface area contributed by atoms with Gasteiger partial charge in [-0.1, -0.05) is 24.3 Å². The number of benzene rings is 2. The number of hydrogen-bond donors (Lipinski definition) is 0. The van der Waals surface area contributed by atoms with Crippen LogP contribution in [0.2, 0.25) is 0 Å². The van der Waals surface area contributed by atoms with E-state index in [0.717, 1.165) is 48.3 Å². The Morgan fingerprint density at radius 2 is 1.76 bits per heavy atom. The Labute approximate surface area is 213 Å². The molecular formula is C28H29F3N4O2. The van der Waals surface area contributed by atoms with Gasteiger partial charge in [0.05, 0.1) is 18.3 Å². The van der Waals surface area contributed by atoms with Crippen LogP contribution in [0.3, 0.4) is 0 Å². The van der Waals surface area contributed by atoms with E-state index in [2.05, 4.69) is 10.00 Å². The highest BCUT2D eigenvalue weighted by atomic mass is 19.4. The maximum absolute atomic E-state index is 13.6. The van der Waals surface area contributed by atoms with Crippen molar-refractivity contribution in [2.24, 2.45) is 0 Å². The molecule has 0 atom stereocenters. The molecule has 3 aromatic rings. The number of likely N-dealkylation sites (tertiary alicyclic amines) is 1. The number of anilines is 1. The average Bonchev–Trinajstić information content (AvgIpc) is 3.46. The number of hydrogen-bond acceptors (Lipinski definition) is 4. The molecule has 37 heavy (non-hydrogen) atoms. The Morgan fingerprint density at radius 1 is 0.973 bits per heavy atom. The summed E-state index contributed by atoms with van der Waals surface area (Å²) in [5.41, 5.74) is 3.11. The SMILES string of the molecule is O=C1OC2(CCN(Cc3cc(C(F)(F)F)ccc3-c3cnn4c3CCCC4)CC2)CN1c1ccccc1. The molecule has 3 aliphatic rings. The summed E-state index contributed by atoms with van der Waals surface area (Å²) in [7, 11) is 0. The Morgan fingerprint density at radius 3 is 2.51 bits per heavy atom. The predicted octanol–water partition coefficient (Wildman–Crippen LogP) is 5.90. The monoisotopic (exact) mass is 510 g/mol. The topological polar surface area (TPSA) is 50.6 Å². The molecule has 0 saturated carbocycles. The van der Waals surface area contributed by atoms with Crippen molar-refractivity contribution >= 4 is 11.8 Å². The Kier molecular flexibility index (Phi) is 5.98. The molecule has 1 spiro atoms. The highest BCUT2D eigenvalue weighted by Crippen LogP contribution is 2.39. The zero-order chi connectivity index (χ0) is 25.6. The van der Waals surface area contributed by atoms with Gasteiger partial charge in [0.2, 0.25) is 0 Å². The number of ether oxygens (including phenoxy) is 1. The molecule has 0 bridgehead atoms. The minimum absolute atomic E-state index is 0.342. The molecule has 194 valence electrons. The fourth-order valence-corrected chi connectivity index (χ4v) is 5.86. The quantitative estimate of drug-likeness (QED) is 0.439. The molecule has 6 rings (SSSR count). The van der Waals surface area contributed by atoms with Crippen LogP contribution in [-0.4, -0.2) is 46.0 Å². The van der Waals surface area contributed by atoms with Gasteiger partial charge < -0.3 is 4.74 Å². The summed E-state index contributed by atoms with van der Waals surface area (Å²) in [6.45, 7) is 3.00. The van der Waals surface area contributed by atoms with Gasteiger partial charge in [-0.3, -0.25) is 14.5 Å². The van der Waals surface area contributed by atoms with Gasteiger partial charge in [-0.2, -0.15) is 18.3 Å². The number of nitrogens with zero attached hydrogens (tertiary/aromatic N) is 4. The van der Waals surface area contributed by atoms with Crippen molar-refractivity contribution in [1.29, 1.82) is 0 Å². The predicted molar refractivity (Wildman–Crippen MR) is 133 cm³/mol. The van der Waals surface area contributed by atoms with Crippen LogP contribution in [0.4, 0.5) is 23.7 Å². The van der Waals surface area contributed by atoms with Crippen molar-refractivity contribution < 1.29 is 22.7 Å². The van der Waals surface area contributed by atoms with Gasteiger partial charge in [-0.05, 0) is 54.7 Å². The second-order valence-corrected chi connectivity index (χ2v) is 10.3. The van der Waals surface area contributed by atoms with Crippen molar-refractivity contribution in [2.75, 3.05) is 24.5 Å². The molecule has 0 unspecified atom stereocenters. The van der Waals surface area contributed by atoms with Gasteiger partial charge >= 0.3 is 12.3 Å². The van der Waals surface area contributed by atoms with Gasteiger partial charge in [0.25, 0.3) is 0 Å². The standard InChI is InChI=1S/C28H29F3N4O2/c29-28(30,31)21-9-10-23(24-17-32-35-13-5-4-8-25(24)35)20(16-21)18-33-14-11-27(12-15-33)19-34(26(36)37-27)22-6-2-1-3-7-22/h1-3,6-7,9-10,16-17H,4-5,8,11-15,18-19H2. The van der Waals surface area contributed by atoms with Gasteiger partial charge in [0.1, 0.15) is 5.60 Å². The first-order chi connectivity index (χ1) is 17.8. The summed E-state index contributed by atoms with van der Waals surface area (Å²) < 4.78 is 48.7. The lowest BCUT2D eigenvalue weighted by Crippen LogP contribution is -2.46. The third kappa shape index (κ3) is 4.61. The van der Waals surface area contributed by atoms with E-state index in [9.17, 15) is 18.0 Å². The van der Waals surface area contributed by atoms with E-state index in [0.29, 0.717) is 44.6 Å². The molecule has 0 N–H and O–H groups in total. The molecule has 9 heteroatoms. The van der Waals surface area contributed by atoms with E-state index < -0.39 is 17.3 Å². The van der Waals surface area contributed by atoms with Crippen LogP contribution in [-0.2, 0) is 30.4 Å². The van der Waals surface area contributed by atoms with E-state index in [1.807, 2.05) is 35.0 Å². The number of alkyl halides is 3. The van der Waals surface area contributed by atoms with Crippen molar-refractivity contribution in [3.8, 4) is 11.1 Å². The highest BCUT2D eigenvalue weighted by Gasteiger charge is 2.47. The molecule has 0 aliphatic carbocycles. The third-order valence-corrected chi connectivity index (χ3v) is 7.90. The number of fused-ring (bicyclic) bond motifs is 1. The maximum atomic E-state index is 13.6. The fourth-order valence-electron chi connectivity index (χ4n) is 5.86. The normalized spacial score (nSPS) is 19.8. The first-order valence-electron chi connectivity index (χ1n) is 12.8. The van der Waals surface area contributed by atoms with Crippen LogP contribution in [0, 0.1) is 0 Å². The Balaban J connectivity index is 1.22. The molecule has 1 aromatic heterocycles. The average molecular weight is 511 g/mol. The van der Waals surface area contributed by atoms with Gasteiger partial charge in [0.15, 0.2) is 0 Å². The number of amides is 1. The van der Waals surface area contributed by atoms with Gasteiger partial charge in [0, 0.05) is 56.0 Å². The van der Waals surface area contributed by atoms with Crippen LogP contribution >= 0.6 is 0 Å². The molecule has 4 heterocycles. The number of halogens is 3. The number of carbonyl (C=O) groups is 1. The van der Waals surface area contributed by atoms with Crippen molar-refractivity contribution in [2.45, 2.75) is 57.0 Å². The van der Waals surface area contributed by atoms with Crippen molar-refractivity contribution in [3.05, 3.63) is 71.5 Å². The summed E-state index contributed by atoms with van der Waals surface area (Å²) in [5, 5.41) is 4.51. The van der Waals surface area contributed by atoms with E-state index in [1.165, 1.54) is 12.1 Å². The first-order valence-corrected chi connectivity index (χ1v) is 12.8. The molecule has 2 saturated heterocycles. The number of rotatable bonds is 4. The van der Waals surface area contributed by atoms with E-state index in [-0.39, 0.29) is 6.09 Å². The van der Waals surface area contributed by atoms with Crippen molar-refractivity contribution in [1.82, 2.24) is 14.7 Å². The maximum Gasteiger partial charge on any atom is 0.416 e. The highest BCUT2D eigenvalue weighted by molar-refractivity contribution is 5.90. The van der Waals surface area contributed by atoms with Crippen LogP contribution in [0.25, 0.3) is 11.1 Å². The summed E-state index contributed by atoms with van der Waals surface area (Å²) in [6.07, 6.45) is 1.33. The zero-order valence-corrected chi connectivity index (χ0v) is 20.5. The van der Waals surface area contributed by atoms with Gasteiger partial charge in [-0.25, -0.2) is 4.79 Å². The largest absolute Gasteiger partial charge is 0.441 e. The third-order valence-electron chi connectivity index (χ3n) is 7.90. The zero-order valence-electron chi connectivity index (χ0n) is 20.5. The number of aryl methyl sites for hydroxylation is 1. The molecule has 1 amide bonds. The minimum Gasteiger partial charge on any atom is -0.441 e. The van der Waals surface area contributed by atoms with E-state index in [4.69, 9.17) is 4.74 Å². The summed E-state index contributed by atoms with van der Waals surface area (Å²) in [4.78, 5) is 16.5. The Bertz CT molecular complexity index is 1300. The lowest BCUT2D eigenvalue weighted by molar-refractivity contribution is -0.137. The number of piperidine rings is 1. The fraction of sp³-hybridized carbons (Fsp3) is 0.429. The van der Waals surface area contributed by atoms with Crippen LogP contribution in [0.1, 0.15) is 42.5 Å². The number of carbonyl (C=O) groups excluding carboxylic acids is 1. The summed E-state index contributed by atoms with van der Waals surface area (Å²) in [5.74, 6) is 0. The Hall–Kier alpha value is -3.33. The molecular weight excluding hydrogens is 481 g/mol. The minimum atomic E-state index is -4.41. The van der Waals surface area contributed by atoms with Crippen LogP contribution in [0.5, 0.6) is 0 Å². The summed E-state index contributed by atoms with van der Waals surface area (Å²) >= 11 is 0. The second kappa shape index (κ2) is 9.20. The lowest BCUT2D eigenvalue weighted by atomic mass is 9.90. The molecule has 3 aliphatic heterocycles. The second-order valence-electron chi connectivity index (χ2n) is 10.3. The smallest absolute Gasteiger partial charge is 0.416 e. The molecule has 0 radical (unpaired) electrons. The number of aromatic nitrogens is 2. The van der Waals surface area contributed by atoms with Crippen LogP contribution in [0.15, 0.2) is 54.7 Å². The first kappa shape index (κ1) is 24.0. The van der Waals surface area contributed by atoms with E-state index >= 15 is 0 Å². The molecule has 6 nitrogen and oxygen atoms in total. The van der Waals surface area contributed by atoms with Crippen molar-refractivity contribution in [3.63, 3.8) is 0 Å². The van der Waals surface area contributed by atoms with E-state index in [1.54, 1.807) is 17.2 Å². The molecule has 2 aromatic carbocycles. The summed E-state index contributed by atoms with van der Waals surface area (Å²) in [6, 6.07) is 13.5. The van der Waals surface area contributed by atoms with Crippen LogP contribution < -0.4 is 4.90 Å².